The zero-order valence-electron chi connectivity index (χ0n) is 14.4. The number of methoxy groups -OCH3 is 1. The molecule has 1 fully saturated rings. The standard InChI is InChI=1S/C18H22N4O2S/c1-3-21-11-6-8-14(21)17-16(13-7-4-5-10-19-13)20-18(25)22(17)12-9-15(23)24-2/h4-8,10-11,16-17H,3,9,12H2,1-2H3,(H,20,25)/t16-,17+/m0/s1. The predicted molar refractivity (Wildman–Crippen MR) is 98.9 cm³/mol. The molecule has 2 aromatic heterocycles. The van der Waals surface area contributed by atoms with Gasteiger partial charge in [-0.05, 0) is 43.4 Å². The van der Waals surface area contributed by atoms with Gasteiger partial charge in [-0.1, -0.05) is 6.07 Å². The summed E-state index contributed by atoms with van der Waals surface area (Å²) in [7, 11) is 1.40. The van der Waals surface area contributed by atoms with E-state index in [0.29, 0.717) is 11.7 Å². The highest BCUT2D eigenvalue weighted by Crippen LogP contribution is 2.38. The van der Waals surface area contributed by atoms with E-state index in [1.807, 2.05) is 24.3 Å². The summed E-state index contributed by atoms with van der Waals surface area (Å²) in [6, 6.07) is 9.92. The van der Waals surface area contributed by atoms with E-state index in [1.54, 1.807) is 6.20 Å². The fourth-order valence-corrected chi connectivity index (χ4v) is 3.60. The van der Waals surface area contributed by atoms with Crippen LogP contribution < -0.4 is 5.32 Å². The van der Waals surface area contributed by atoms with Crippen molar-refractivity contribution >= 4 is 23.3 Å². The van der Waals surface area contributed by atoms with Crippen molar-refractivity contribution in [2.24, 2.45) is 0 Å². The van der Waals surface area contributed by atoms with Crippen molar-refractivity contribution in [1.29, 1.82) is 0 Å². The molecule has 0 spiro atoms. The van der Waals surface area contributed by atoms with Crippen LogP contribution in [0.3, 0.4) is 0 Å². The van der Waals surface area contributed by atoms with Crippen LogP contribution in [0.25, 0.3) is 0 Å². The molecule has 0 unspecified atom stereocenters. The van der Waals surface area contributed by atoms with E-state index in [1.165, 1.54) is 7.11 Å². The van der Waals surface area contributed by atoms with E-state index in [-0.39, 0.29) is 24.5 Å². The van der Waals surface area contributed by atoms with E-state index in [2.05, 4.69) is 39.0 Å². The van der Waals surface area contributed by atoms with Gasteiger partial charge in [0.2, 0.25) is 0 Å². The lowest BCUT2D eigenvalue weighted by Gasteiger charge is -2.28. The zero-order chi connectivity index (χ0) is 17.8. The lowest BCUT2D eigenvalue weighted by atomic mass is 10.0. The van der Waals surface area contributed by atoms with Crippen molar-refractivity contribution < 1.29 is 9.53 Å². The fraction of sp³-hybridized carbons (Fsp3) is 0.389. The van der Waals surface area contributed by atoms with Gasteiger partial charge in [-0.2, -0.15) is 0 Å². The van der Waals surface area contributed by atoms with Crippen LogP contribution in [0.15, 0.2) is 42.7 Å². The van der Waals surface area contributed by atoms with Gasteiger partial charge in [-0.3, -0.25) is 9.78 Å². The van der Waals surface area contributed by atoms with E-state index in [0.717, 1.165) is 17.9 Å². The first-order valence-electron chi connectivity index (χ1n) is 8.35. The summed E-state index contributed by atoms with van der Waals surface area (Å²) in [6.07, 6.45) is 4.13. The highest BCUT2D eigenvalue weighted by molar-refractivity contribution is 7.80. The fourth-order valence-electron chi connectivity index (χ4n) is 3.27. The van der Waals surface area contributed by atoms with Crippen LogP contribution in [0, 0.1) is 0 Å². The maximum atomic E-state index is 11.6. The second kappa shape index (κ2) is 7.65. The lowest BCUT2D eigenvalue weighted by molar-refractivity contribution is -0.140. The highest BCUT2D eigenvalue weighted by Gasteiger charge is 2.40. The van der Waals surface area contributed by atoms with E-state index in [9.17, 15) is 4.79 Å². The second-order valence-corrected chi connectivity index (χ2v) is 6.25. The molecular weight excluding hydrogens is 336 g/mol. The molecule has 1 N–H and O–H groups in total. The predicted octanol–water partition coefficient (Wildman–Crippen LogP) is 2.44. The Balaban J connectivity index is 1.96. The Bertz CT molecular complexity index is 747. The third-order valence-electron chi connectivity index (χ3n) is 4.49. The molecule has 3 rings (SSSR count). The topological polar surface area (TPSA) is 59.4 Å². The van der Waals surface area contributed by atoms with Gasteiger partial charge in [-0.15, -0.1) is 0 Å². The molecule has 25 heavy (non-hydrogen) atoms. The Hall–Kier alpha value is -2.41. The SMILES string of the molecule is CCn1cccc1[C@@H]1[C@H](c2ccccn2)NC(=S)N1CCC(=O)OC. The average Bonchev–Trinajstić information content (AvgIpc) is 3.24. The number of hydrogen-bond donors (Lipinski definition) is 1. The van der Waals surface area contributed by atoms with Gasteiger partial charge in [0.05, 0.1) is 31.3 Å². The molecule has 132 valence electrons. The molecular formula is C18H22N4O2S. The molecule has 0 saturated carbocycles. The second-order valence-electron chi connectivity index (χ2n) is 5.87. The molecule has 1 aliphatic heterocycles. The van der Waals surface area contributed by atoms with Gasteiger partial charge >= 0.3 is 5.97 Å². The molecule has 7 heteroatoms. The molecule has 1 saturated heterocycles. The minimum absolute atomic E-state index is 0.0259. The Kier molecular flexibility index (Phi) is 5.33. The maximum Gasteiger partial charge on any atom is 0.307 e. The summed E-state index contributed by atoms with van der Waals surface area (Å²) in [5.74, 6) is -0.242. The molecule has 0 aromatic carbocycles. The van der Waals surface area contributed by atoms with Gasteiger partial charge in [0.25, 0.3) is 0 Å². The average molecular weight is 358 g/mol. The molecule has 3 heterocycles. The minimum Gasteiger partial charge on any atom is -0.469 e. The number of carbonyl (C=O) groups excluding carboxylic acids is 1. The van der Waals surface area contributed by atoms with Crippen molar-refractivity contribution in [2.75, 3.05) is 13.7 Å². The maximum absolute atomic E-state index is 11.6. The molecule has 2 aromatic rings. The van der Waals surface area contributed by atoms with Crippen molar-refractivity contribution in [3.05, 3.63) is 54.1 Å². The number of aryl methyl sites for hydroxylation is 1. The number of esters is 1. The van der Waals surface area contributed by atoms with Crippen LogP contribution in [0.5, 0.6) is 0 Å². The van der Waals surface area contributed by atoms with Gasteiger partial charge < -0.3 is 19.5 Å². The van der Waals surface area contributed by atoms with Gasteiger partial charge in [0.1, 0.15) is 0 Å². The number of rotatable bonds is 6. The number of pyridine rings is 1. The number of carbonyl (C=O) groups is 1. The van der Waals surface area contributed by atoms with Crippen molar-refractivity contribution in [1.82, 2.24) is 19.8 Å². The normalized spacial score (nSPS) is 19.8. The smallest absolute Gasteiger partial charge is 0.307 e. The number of aromatic nitrogens is 2. The molecule has 0 amide bonds. The first-order valence-corrected chi connectivity index (χ1v) is 8.76. The summed E-state index contributed by atoms with van der Waals surface area (Å²) in [4.78, 5) is 18.2. The number of nitrogens with one attached hydrogen (secondary N) is 1. The van der Waals surface area contributed by atoms with Crippen molar-refractivity contribution in [3.8, 4) is 0 Å². The van der Waals surface area contributed by atoms with Crippen LogP contribution >= 0.6 is 12.2 Å². The minimum atomic E-state index is -0.242. The first-order chi connectivity index (χ1) is 12.2. The molecule has 2 atom stereocenters. The van der Waals surface area contributed by atoms with E-state index >= 15 is 0 Å². The number of thiocarbonyl (C=S) groups is 1. The van der Waals surface area contributed by atoms with Gasteiger partial charge in [0, 0.05) is 31.2 Å². The molecule has 0 bridgehead atoms. The summed E-state index contributed by atoms with van der Waals surface area (Å²) >= 11 is 5.56. The number of hydrogen-bond acceptors (Lipinski definition) is 4. The van der Waals surface area contributed by atoms with E-state index < -0.39 is 0 Å². The Morgan fingerprint density at radius 3 is 2.88 bits per heavy atom. The third-order valence-corrected chi connectivity index (χ3v) is 4.84. The van der Waals surface area contributed by atoms with Gasteiger partial charge in [-0.25, -0.2) is 0 Å². The Morgan fingerprint density at radius 2 is 2.20 bits per heavy atom. The van der Waals surface area contributed by atoms with Crippen LogP contribution in [0.1, 0.15) is 36.8 Å². The molecule has 1 aliphatic rings. The monoisotopic (exact) mass is 358 g/mol. The van der Waals surface area contributed by atoms with E-state index in [4.69, 9.17) is 17.0 Å². The molecule has 0 aliphatic carbocycles. The lowest BCUT2D eigenvalue weighted by Crippen LogP contribution is -2.32. The van der Waals surface area contributed by atoms with Crippen LogP contribution in [0.2, 0.25) is 0 Å². The van der Waals surface area contributed by atoms with Crippen molar-refractivity contribution in [2.45, 2.75) is 32.0 Å². The molecule has 0 radical (unpaired) electrons. The summed E-state index contributed by atoms with van der Waals surface area (Å²) in [6.45, 7) is 3.48. The Labute approximate surface area is 152 Å². The third kappa shape index (κ3) is 3.51. The molecule has 6 nitrogen and oxygen atoms in total. The van der Waals surface area contributed by atoms with Crippen LogP contribution in [0.4, 0.5) is 0 Å². The van der Waals surface area contributed by atoms with Crippen LogP contribution in [-0.2, 0) is 16.1 Å². The first kappa shape index (κ1) is 17.4. The zero-order valence-corrected chi connectivity index (χ0v) is 15.2. The quantitative estimate of drug-likeness (QED) is 0.632. The highest BCUT2D eigenvalue weighted by atomic mass is 32.1. The van der Waals surface area contributed by atoms with Crippen molar-refractivity contribution in [3.63, 3.8) is 0 Å². The van der Waals surface area contributed by atoms with Gasteiger partial charge in [0.15, 0.2) is 5.11 Å². The summed E-state index contributed by atoms with van der Waals surface area (Å²) in [5, 5.41) is 4.01. The summed E-state index contributed by atoms with van der Waals surface area (Å²) in [5.41, 5.74) is 2.08. The number of nitrogens with zero attached hydrogens (tertiary/aromatic N) is 3. The number of ether oxygens (including phenoxy) is 1. The van der Waals surface area contributed by atoms with Crippen LogP contribution in [-0.4, -0.2) is 39.2 Å². The largest absolute Gasteiger partial charge is 0.469 e. The summed E-state index contributed by atoms with van der Waals surface area (Å²) < 4.78 is 6.98. The Morgan fingerprint density at radius 1 is 1.36 bits per heavy atom.